The van der Waals surface area contributed by atoms with Crippen LogP contribution in [0.4, 0.5) is 0 Å². The topological polar surface area (TPSA) is 29.9 Å². The molecular weight excluding hydrogens is 184 g/mol. The van der Waals surface area contributed by atoms with Crippen LogP contribution in [0.3, 0.4) is 0 Å². The summed E-state index contributed by atoms with van der Waals surface area (Å²) in [6, 6.07) is 0. The highest BCUT2D eigenvalue weighted by atomic mass is 32.1. The van der Waals surface area contributed by atoms with E-state index in [1.54, 1.807) is 0 Å². The van der Waals surface area contributed by atoms with Crippen molar-refractivity contribution in [1.29, 1.82) is 0 Å². The Morgan fingerprint density at radius 2 is 2.54 bits per heavy atom. The Morgan fingerprint density at radius 1 is 1.69 bits per heavy atom. The largest absolute Gasteiger partial charge is 0.373 e. The summed E-state index contributed by atoms with van der Waals surface area (Å²) >= 11 is 5.10. The van der Waals surface area contributed by atoms with Gasteiger partial charge in [0.25, 0.3) is 0 Å². The van der Waals surface area contributed by atoms with Crippen LogP contribution in [0.25, 0.3) is 0 Å². The van der Waals surface area contributed by atoms with Gasteiger partial charge in [0.2, 0.25) is 0 Å². The maximum atomic E-state index is 5.71. The average molecular weight is 198 g/mol. The second-order valence-electron chi connectivity index (χ2n) is 3.56. The average Bonchev–Trinajstić information content (AvgIpc) is 2.64. The SMILES string of the molecule is CC1CCC(Cn2cc[nH]c2=S)O1. The number of imidazole rings is 1. The summed E-state index contributed by atoms with van der Waals surface area (Å²) in [6.07, 6.45) is 6.90. The van der Waals surface area contributed by atoms with Gasteiger partial charge in [-0.05, 0) is 32.0 Å². The summed E-state index contributed by atoms with van der Waals surface area (Å²) in [7, 11) is 0. The van der Waals surface area contributed by atoms with Gasteiger partial charge >= 0.3 is 0 Å². The monoisotopic (exact) mass is 198 g/mol. The summed E-state index contributed by atoms with van der Waals surface area (Å²) in [5.74, 6) is 0. The maximum Gasteiger partial charge on any atom is 0.177 e. The molecule has 0 spiro atoms. The highest BCUT2D eigenvalue weighted by Gasteiger charge is 2.21. The van der Waals surface area contributed by atoms with Crippen molar-refractivity contribution < 1.29 is 4.74 Å². The van der Waals surface area contributed by atoms with E-state index in [2.05, 4.69) is 11.9 Å². The standard InChI is InChI=1S/C9H14N2OS/c1-7-2-3-8(12-7)6-11-5-4-10-9(11)13/h4-5,7-8H,2-3,6H2,1H3,(H,10,13). The molecule has 13 heavy (non-hydrogen) atoms. The normalized spacial score (nSPS) is 28.1. The van der Waals surface area contributed by atoms with Crippen molar-refractivity contribution >= 4 is 12.2 Å². The Hall–Kier alpha value is -0.610. The summed E-state index contributed by atoms with van der Waals surface area (Å²) in [5, 5.41) is 0. The van der Waals surface area contributed by atoms with Crippen molar-refractivity contribution in [2.45, 2.75) is 38.5 Å². The summed E-state index contributed by atoms with van der Waals surface area (Å²) < 4.78 is 8.52. The van der Waals surface area contributed by atoms with Crippen LogP contribution in [-0.4, -0.2) is 21.8 Å². The maximum absolute atomic E-state index is 5.71. The second kappa shape index (κ2) is 3.64. The van der Waals surface area contributed by atoms with Crippen molar-refractivity contribution in [2.75, 3.05) is 0 Å². The van der Waals surface area contributed by atoms with E-state index in [1.807, 2.05) is 17.0 Å². The Bertz CT molecular complexity index is 330. The van der Waals surface area contributed by atoms with Crippen molar-refractivity contribution in [3.8, 4) is 0 Å². The van der Waals surface area contributed by atoms with Crippen LogP contribution in [0.2, 0.25) is 0 Å². The van der Waals surface area contributed by atoms with E-state index in [4.69, 9.17) is 17.0 Å². The third-order valence-corrected chi connectivity index (χ3v) is 2.79. The molecule has 72 valence electrons. The van der Waals surface area contributed by atoms with E-state index in [1.165, 1.54) is 6.42 Å². The van der Waals surface area contributed by atoms with E-state index in [9.17, 15) is 0 Å². The molecule has 1 aliphatic heterocycles. The molecule has 1 fully saturated rings. The lowest BCUT2D eigenvalue weighted by molar-refractivity contribution is 0.0455. The minimum Gasteiger partial charge on any atom is -0.373 e. The Morgan fingerprint density at radius 3 is 3.08 bits per heavy atom. The molecule has 0 saturated carbocycles. The first kappa shape index (κ1) is 8.97. The number of aromatic amines is 1. The van der Waals surface area contributed by atoms with Crippen molar-refractivity contribution in [3.63, 3.8) is 0 Å². The van der Waals surface area contributed by atoms with Crippen LogP contribution < -0.4 is 0 Å². The van der Waals surface area contributed by atoms with E-state index < -0.39 is 0 Å². The van der Waals surface area contributed by atoms with Gasteiger partial charge in [0.15, 0.2) is 4.77 Å². The molecule has 3 nitrogen and oxygen atoms in total. The second-order valence-corrected chi connectivity index (χ2v) is 3.95. The van der Waals surface area contributed by atoms with Crippen molar-refractivity contribution in [2.24, 2.45) is 0 Å². The molecule has 4 heteroatoms. The number of aromatic nitrogens is 2. The molecule has 2 unspecified atom stereocenters. The number of hydrogen-bond acceptors (Lipinski definition) is 2. The summed E-state index contributed by atoms with van der Waals surface area (Å²) in [5.41, 5.74) is 0. The van der Waals surface area contributed by atoms with Crippen molar-refractivity contribution in [3.05, 3.63) is 17.2 Å². The lowest BCUT2D eigenvalue weighted by Crippen LogP contribution is -2.15. The fourth-order valence-corrected chi connectivity index (χ4v) is 1.94. The zero-order valence-corrected chi connectivity index (χ0v) is 8.51. The van der Waals surface area contributed by atoms with Gasteiger partial charge in [0.05, 0.1) is 18.8 Å². The first-order valence-corrected chi connectivity index (χ1v) is 5.06. The molecule has 1 saturated heterocycles. The molecule has 1 aliphatic rings. The molecule has 2 rings (SSSR count). The zero-order chi connectivity index (χ0) is 9.26. The van der Waals surface area contributed by atoms with Gasteiger partial charge in [-0.2, -0.15) is 0 Å². The third kappa shape index (κ3) is 2.00. The molecule has 0 radical (unpaired) electrons. The van der Waals surface area contributed by atoms with Gasteiger partial charge in [0, 0.05) is 12.4 Å². The van der Waals surface area contributed by atoms with Crippen LogP contribution in [-0.2, 0) is 11.3 Å². The molecule has 0 aromatic carbocycles. The van der Waals surface area contributed by atoms with Gasteiger partial charge in [-0.1, -0.05) is 0 Å². The van der Waals surface area contributed by atoms with E-state index in [0.29, 0.717) is 12.2 Å². The fraction of sp³-hybridized carbons (Fsp3) is 0.667. The number of ether oxygens (including phenoxy) is 1. The lowest BCUT2D eigenvalue weighted by atomic mass is 10.2. The van der Waals surface area contributed by atoms with Gasteiger partial charge in [-0.3, -0.25) is 0 Å². The molecule has 1 aromatic heterocycles. The molecule has 0 bridgehead atoms. The first-order valence-electron chi connectivity index (χ1n) is 4.65. The molecule has 1 aromatic rings. The minimum absolute atomic E-state index is 0.345. The predicted molar refractivity (Wildman–Crippen MR) is 53.2 cm³/mol. The molecule has 0 aliphatic carbocycles. The summed E-state index contributed by atoms with van der Waals surface area (Å²) in [4.78, 5) is 2.98. The van der Waals surface area contributed by atoms with Crippen LogP contribution in [0, 0.1) is 4.77 Å². The Balaban J connectivity index is 1.99. The van der Waals surface area contributed by atoms with Crippen LogP contribution in [0.15, 0.2) is 12.4 Å². The molecule has 2 atom stereocenters. The van der Waals surface area contributed by atoms with Crippen LogP contribution in [0.1, 0.15) is 19.8 Å². The Labute approximate surface area is 82.7 Å². The molecule has 2 heterocycles. The van der Waals surface area contributed by atoms with Gasteiger partial charge in [-0.25, -0.2) is 0 Å². The molecule has 0 amide bonds. The van der Waals surface area contributed by atoms with Gasteiger partial charge in [-0.15, -0.1) is 0 Å². The smallest absolute Gasteiger partial charge is 0.177 e. The third-order valence-electron chi connectivity index (χ3n) is 2.44. The number of nitrogens with one attached hydrogen (secondary N) is 1. The zero-order valence-electron chi connectivity index (χ0n) is 7.69. The Kier molecular flexibility index (Phi) is 2.51. The van der Waals surface area contributed by atoms with Crippen molar-refractivity contribution in [1.82, 2.24) is 9.55 Å². The number of nitrogens with zero attached hydrogens (tertiary/aromatic N) is 1. The fourth-order valence-electron chi connectivity index (χ4n) is 1.73. The predicted octanol–water partition coefficient (Wildman–Crippen LogP) is 2.11. The minimum atomic E-state index is 0.345. The number of rotatable bonds is 2. The summed E-state index contributed by atoms with van der Waals surface area (Å²) in [6.45, 7) is 3.00. The number of H-pyrrole nitrogens is 1. The highest BCUT2D eigenvalue weighted by Crippen LogP contribution is 2.20. The lowest BCUT2D eigenvalue weighted by Gasteiger charge is -2.11. The van der Waals surface area contributed by atoms with E-state index in [-0.39, 0.29) is 0 Å². The van der Waals surface area contributed by atoms with E-state index >= 15 is 0 Å². The molecule has 1 N–H and O–H groups in total. The first-order chi connectivity index (χ1) is 6.25. The molecular formula is C9H14N2OS. The highest BCUT2D eigenvalue weighted by molar-refractivity contribution is 7.71. The number of hydrogen-bond donors (Lipinski definition) is 1. The van der Waals surface area contributed by atoms with Crippen LogP contribution >= 0.6 is 12.2 Å². The van der Waals surface area contributed by atoms with Gasteiger partial charge < -0.3 is 14.3 Å². The quantitative estimate of drug-likeness (QED) is 0.738. The van der Waals surface area contributed by atoms with E-state index in [0.717, 1.165) is 17.7 Å². The van der Waals surface area contributed by atoms with Gasteiger partial charge in [0.1, 0.15) is 0 Å². The van der Waals surface area contributed by atoms with Crippen LogP contribution in [0.5, 0.6) is 0 Å².